The summed E-state index contributed by atoms with van der Waals surface area (Å²) in [6.07, 6.45) is 1.28. The zero-order valence-corrected chi connectivity index (χ0v) is 18.1. The van der Waals surface area contributed by atoms with Gasteiger partial charge in [0.15, 0.2) is 0 Å². The van der Waals surface area contributed by atoms with E-state index in [1.165, 1.54) is 30.2 Å². The second kappa shape index (κ2) is 7.97. The van der Waals surface area contributed by atoms with Gasteiger partial charge in [-0.05, 0) is 48.7 Å². The summed E-state index contributed by atoms with van der Waals surface area (Å²) in [5.41, 5.74) is 0.844. The number of hydrogen-bond donors (Lipinski definition) is 0. The molecule has 1 fully saturated rings. The Hall–Kier alpha value is -2.91. The second-order valence-electron chi connectivity index (χ2n) is 7.41. The molecule has 0 radical (unpaired) electrons. The van der Waals surface area contributed by atoms with Crippen LogP contribution in [0.1, 0.15) is 39.1 Å². The van der Waals surface area contributed by atoms with Crippen LogP contribution in [0.2, 0.25) is 5.02 Å². The van der Waals surface area contributed by atoms with Crippen LogP contribution in [0.3, 0.4) is 0 Å². The number of halogens is 1. The Morgan fingerprint density at radius 3 is 2.45 bits per heavy atom. The Morgan fingerprint density at radius 1 is 1.16 bits per heavy atom. The van der Waals surface area contributed by atoms with Gasteiger partial charge in [-0.25, -0.2) is 12.7 Å². The average Bonchev–Trinajstić information content (AvgIpc) is 3.55. The van der Waals surface area contributed by atoms with Gasteiger partial charge in [-0.1, -0.05) is 23.7 Å². The molecule has 1 heterocycles. The average molecular weight is 463 g/mol. The van der Waals surface area contributed by atoms with Crippen molar-refractivity contribution >= 4 is 39.4 Å². The van der Waals surface area contributed by atoms with E-state index in [1.807, 2.05) is 0 Å². The lowest BCUT2D eigenvalue weighted by Crippen LogP contribution is -2.35. The van der Waals surface area contributed by atoms with Gasteiger partial charge in [-0.3, -0.25) is 14.4 Å². The van der Waals surface area contributed by atoms with Crippen LogP contribution in [-0.4, -0.2) is 55.1 Å². The van der Waals surface area contributed by atoms with Gasteiger partial charge in [0.2, 0.25) is 0 Å². The third kappa shape index (κ3) is 4.03. The largest absolute Gasteiger partial charge is 0.468 e. The van der Waals surface area contributed by atoms with Crippen molar-refractivity contribution in [3.63, 3.8) is 0 Å². The van der Waals surface area contributed by atoms with Crippen molar-refractivity contribution < 1.29 is 27.5 Å². The first-order valence-corrected chi connectivity index (χ1v) is 11.4. The maximum atomic E-state index is 13.2. The van der Waals surface area contributed by atoms with E-state index in [0.717, 1.165) is 9.87 Å². The van der Waals surface area contributed by atoms with Gasteiger partial charge >= 0.3 is 5.97 Å². The van der Waals surface area contributed by atoms with Gasteiger partial charge in [-0.15, -0.1) is 0 Å². The molecule has 1 aliphatic heterocycles. The highest BCUT2D eigenvalue weighted by Crippen LogP contribution is 2.39. The molecule has 8 nitrogen and oxygen atoms in total. The summed E-state index contributed by atoms with van der Waals surface area (Å²) in [6.45, 7) is -0.239. The van der Waals surface area contributed by atoms with Gasteiger partial charge in [0.1, 0.15) is 11.4 Å². The fourth-order valence-corrected chi connectivity index (χ4v) is 5.43. The van der Waals surface area contributed by atoms with Crippen molar-refractivity contribution in [3.8, 4) is 0 Å². The second-order valence-corrected chi connectivity index (χ2v) is 9.63. The standard InChI is InChI=1S/C21H19ClN2O6S/c1-30-19(25)12-23(11-13-2-5-15(22)6-3-13)20(26)14-4-9-17-18(10-14)31(28,29)24(21(17)27)16-7-8-16/h2-6,9-10,16H,7-8,11-12H2,1H3. The zero-order valence-electron chi connectivity index (χ0n) is 16.6. The van der Waals surface area contributed by atoms with E-state index in [9.17, 15) is 22.8 Å². The molecule has 4 rings (SSSR count). The van der Waals surface area contributed by atoms with Gasteiger partial charge < -0.3 is 9.64 Å². The monoisotopic (exact) mass is 462 g/mol. The summed E-state index contributed by atoms with van der Waals surface area (Å²) in [5.74, 6) is -1.74. The number of carbonyl (C=O) groups is 3. The Kier molecular flexibility index (Phi) is 5.49. The highest BCUT2D eigenvalue weighted by Gasteiger charge is 2.48. The highest BCUT2D eigenvalue weighted by molar-refractivity contribution is 7.90. The third-order valence-electron chi connectivity index (χ3n) is 5.20. The predicted molar refractivity (Wildman–Crippen MR) is 111 cm³/mol. The van der Waals surface area contributed by atoms with Crippen LogP contribution in [0.4, 0.5) is 0 Å². The van der Waals surface area contributed by atoms with E-state index < -0.39 is 27.8 Å². The minimum atomic E-state index is -4.00. The smallest absolute Gasteiger partial charge is 0.325 e. The van der Waals surface area contributed by atoms with Gasteiger partial charge in [0, 0.05) is 23.2 Å². The highest BCUT2D eigenvalue weighted by atomic mass is 35.5. The van der Waals surface area contributed by atoms with Crippen molar-refractivity contribution in [3.05, 3.63) is 64.2 Å². The molecule has 0 aromatic heterocycles. The maximum Gasteiger partial charge on any atom is 0.325 e. The molecule has 1 saturated carbocycles. The van der Waals surface area contributed by atoms with Gasteiger partial charge in [0.25, 0.3) is 21.8 Å². The number of ether oxygens (including phenoxy) is 1. The molecular weight excluding hydrogens is 444 g/mol. The third-order valence-corrected chi connectivity index (χ3v) is 7.32. The lowest BCUT2D eigenvalue weighted by Gasteiger charge is -2.22. The molecule has 0 saturated heterocycles. The molecule has 31 heavy (non-hydrogen) atoms. The fraction of sp³-hybridized carbons (Fsp3) is 0.286. The number of sulfonamides is 1. The number of esters is 1. The Balaban J connectivity index is 1.66. The van der Waals surface area contributed by atoms with Crippen LogP contribution in [0.5, 0.6) is 0 Å². The SMILES string of the molecule is COC(=O)CN(Cc1ccc(Cl)cc1)C(=O)c1ccc2c(c1)S(=O)(=O)N(C1CC1)C2=O. The topological polar surface area (TPSA) is 101 Å². The summed E-state index contributed by atoms with van der Waals surface area (Å²) in [6, 6.07) is 10.4. The molecule has 162 valence electrons. The Labute approximate surface area is 184 Å². The maximum absolute atomic E-state index is 13.2. The number of benzene rings is 2. The van der Waals surface area contributed by atoms with Gasteiger partial charge in [-0.2, -0.15) is 0 Å². The minimum absolute atomic E-state index is 0.0562. The molecule has 2 aromatic carbocycles. The van der Waals surface area contributed by atoms with Gasteiger partial charge in [0.05, 0.1) is 12.7 Å². The first-order valence-electron chi connectivity index (χ1n) is 9.55. The number of hydrogen-bond acceptors (Lipinski definition) is 6. The van der Waals surface area contributed by atoms with Crippen LogP contribution in [-0.2, 0) is 26.1 Å². The lowest BCUT2D eigenvalue weighted by atomic mass is 10.1. The van der Waals surface area contributed by atoms with Crippen LogP contribution in [0.25, 0.3) is 0 Å². The Morgan fingerprint density at radius 2 is 1.84 bits per heavy atom. The van der Waals surface area contributed by atoms with Crippen LogP contribution < -0.4 is 0 Å². The number of carbonyl (C=O) groups excluding carboxylic acids is 3. The summed E-state index contributed by atoms with van der Waals surface area (Å²) >= 11 is 5.90. The number of methoxy groups -OCH3 is 1. The van der Waals surface area contributed by atoms with Crippen molar-refractivity contribution in [1.29, 1.82) is 0 Å². The number of rotatable bonds is 6. The Bertz CT molecular complexity index is 1170. The van der Waals surface area contributed by atoms with Crippen molar-refractivity contribution in [2.45, 2.75) is 30.3 Å². The minimum Gasteiger partial charge on any atom is -0.468 e. The summed E-state index contributed by atoms with van der Waals surface area (Å²) in [5, 5.41) is 0.531. The van der Waals surface area contributed by atoms with E-state index in [4.69, 9.17) is 16.3 Å². The number of nitrogens with zero attached hydrogens (tertiary/aromatic N) is 2. The molecule has 0 spiro atoms. The van der Waals surface area contributed by atoms with Crippen LogP contribution >= 0.6 is 11.6 Å². The first kappa shape index (κ1) is 21.3. The zero-order chi connectivity index (χ0) is 22.3. The van der Waals surface area contributed by atoms with Crippen LogP contribution in [0, 0.1) is 0 Å². The van der Waals surface area contributed by atoms with Crippen molar-refractivity contribution in [1.82, 2.24) is 9.21 Å². The molecule has 10 heteroatoms. The van der Waals surface area contributed by atoms with Crippen molar-refractivity contribution in [2.24, 2.45) is 0 Å². The number of fused-ring (bicyclic) bond motifs is 1. The van der Waals surface area contributed by atoms with E-state index in [0.29, 0.717) is 17.9 Å². The normalized spacial score (nSPS) is 16.7. The molecule has 0 unspecified atom stereocenters. The predicted octanol–water partition coefficient (Wildman–Crippen LogP) is 2.46. The summed E-state index contributed by atoms with van der Waals surface area (Å²) in [4.78, 5) is 38.7. The molecular formula is C21H19ClN2O6S. The lowest BCUT2D eigenvalue weighted by molar-refractivity contribution is -0.141. The van der Waals surface area contributed by atoms with E-state index >= 15 is 0 Å². The van der Waals surface area contributed by atoms with E-state index in [1.54, 1.807) is 24.3 Å². The molecule has 1 aliphatic carbocycles. The van der Waals surface area contributed by atoms with E-state index in [2.05, 4.69) is 0 Å². The molecule has 0 N–H and O–H groups in total. The molecule has 0 bridgehead atoms. The van der Waals surface area contributed by atoms with E-state index in [-0.39, 0.29) is 35.2 Å². The molecule has 2 aliphatic rings. The summed E-state index contributed by atoms with van der Waals surface area (Å²) in [7, 11) is -2.78. The first-order chi connectivity index (χ1) is 14.7. The molecule has 2 aromatic rings. The van der Waals surface area contributed by atoms with Crippen molar-refractivity contribution in [2.75, 3.05) is 13.7 Å². The summed E-state index contributed by atoms with van der Waals surface area (Å²) < 4.78 is 31.3. The number of amides is 2. The quantitative estimate of drug-likeness (QED) is 0.611. The van der Waals surface area contributed by atoms with Crippen LogP contribution in [0.15, 0.2) is 47.4 Å². The fourth-order valence-electron chi connectivity index (χ4n) is 3.46. The molecule has 2 amide bonds. The molecule has 0 atom stereocenters.